The molecule has 3 aromatic rings. The molecular weight excluding hydrogens is 412 g/mol. The van der Waals surface area contributed by atoms with Crippen LogP contribution in [0.1, 0.15) is 32.9 Å². The summed E-state index contributed by atoms with van der Waals surface area (Å²) in [6, 6.07) is 13.1. The monoisotopic (exact) mass is 436 g/mol. The molecule has 0 atom stereocenters. The zero-order chi connectivity index (χ0) is 23.4. The van der Waals surface area contributed by atoms with Crippen molar-refractivity contribution in [3.05, 3.63) is 86.7 Å². The van der Waals surface area contributed by atoms with Crippen molar-refractivity contribution >= 4 is 23.2 Å². The number of benzene rings is 2. The number of aryl methyl sites for hydroxylation is 4. The number of aromatic nitrogens is 1. The Morgan fingerprint density at radius 2 is 1.56 bits per heavy atom. The second kappa shape index (κ2) is 9.34. The number of nitrogens with zero attached hydrogens (tertiary/aromatic N) is 2. The summed E-state index contributed by atoms with van der Waals surface area (Å²) in [5.74, 6) is -0.421. The summed E-state index contributed by atoms with van der Waals surface area (Å²) in [7, 11) is 0. The highest BCUT2D eigenvalue weighted by atomic mass is 16.6. The van der Waals surface area contributed by atoms with Crippen LogP contribution in [-0.4, -0.2) is 28.0 Å². The van der Waals surface area contributed by atoms with Crippen molar-refractivity contribution in [2.24, 2.45) is 0 Å². The molecule has 0 saturated heterocycles. The van der Waals surface area contributed by atoms with Crippen molar-refractivity contribution in [2.75, 3.05) is 17.3 Å². The fraction of sp³-hybridized carbons (Fsp3) is 0.217. The molecule has 0 aliphatic heterocycles. The molecule has 9 heteroatoms. The molecule has 0 spiro atoms. The first-order valence-electron chi connectivity index (χ1n) is 9.90. The van der Waals surface area contributed by atoms with Gasteiger partial charge in [0.2, 0.25) is 0 Å². The van der Waals surface area contributed by atoms with E-state index in [1.807, 2.05) is 32.9 Å². The van der Waals surface area contributed by atoms with Crippen LogP contribution in [0.25, 0.3) is 0 Å². The van der Waals surface area contributed by atoms with Gasteiger partial charge in [-0.15, -0.1) is 0 Å². The maximum atomic E-state index is 12.4. The van der Waals surface area contributed by atoms with Crippen LogP contribution in [0.5, 0.6) is 5.75 Å². The van der Waals surface area contributed by atoms with Gasteiger partial charge in [0.05, 0.1) is 4.92 Å². The number of carbonyl (C=O) groups is 2. The van der Waals surface area contributed by atoms with Gasteiger partial charge in [-0.05, 0) is 81.3 Å². The summed E-state index contributed by atoms with van der Waals surface area (Å²) in [6.45, 7) is 7.02. The van der Waals surface area contributed by atoms with Crippen molar-refractivity contribution < 1.29 is 19.2 Å². The van der Waals surface area contributed by atoms with Gasteiger partial charge in [-0.1, -0.05) is 0 Å². The Hall–Kier alpha value is -4.14. The van der Waals surface area contributed by atoms with E-state index >= 15 is 0 Å². The molecule has 0 unspecified atom stereocenters. The highest BCUT2D eigenvalue weighted by Gasteiger charge is 2.18. The normalized spacial score (nSPS) is 10.5. The molecule has 2 N–H and O–H groups in total. The summed E-state index contributed by atoms with van der Waals surface area (Å²) in [5, 5.41) is 13.8. The number of ether oxygens (including phenoxy) is 1. The minimum atomic E-state index is -0.538. The lowest BCUT2D eigenvalue weighted by Crippen LogP contribution is -2.24. The minimum Gasteiger partial charge on any atom is -0.484 e. The van der Waals surface area contributed by atoms with Crippen LogP contribution in [0, 0.1) is 37.8 Å². The molecule has 0 aliphatic carbocycles. The Morgan fingerprint density at radius 3 is 2.16 bits per heavy atom. The molecule has 2 aromatic carbocycles. The minimum absolute atomic E-state index is 0.120. The number of nitro benzene ring substituents is 1. The van der Waals surface area contributed by atoms with E-state index < -0.39 is 10.8 Å². The van der Waals surface area contributed by atoms with Gasteiger partial charge in [0.1, 0.15) is 11.4 Å². The lowest BCUT2D eigenvalue weighted by atomic mass is 10.1. The zero-order valence-electron chi connectivity index (χ0n) is 18.3. The summed E-state index contributed by atoms with van der Waals surface area (Å²) in [6.07, 6.45) is 0. The molecule has 0 saturated carbocycles. The van der Waals surface area contributed by atoms with E-state index in [9.17, 15) is 19.7 Å². The van der Waals surface area contributed by atoms with E-state index in [1.54, 1.807) is 41.9 Å². The topological polar surface area (TPSA) is 116 Å². The fourth-order valence-electron chi connectivity index (χ4n) is 3.10. The number of amides is 2. The van der Waals surface area contributed by atoms with Crippen molar-refractivity contribution in [1.29, 1.82) is 0 Å². The third-order valence-corrected chi connectivity index (χ3v) is 5.05. The van der Waals surface area contributed by atoms with E-state index in [0.29, 0.717) is 11.3 Å². The summed E-state index contributed by atoms with van der Waals surface area (Å²) in [5.41, 5.74) is 6.59. The van der Waals surface area contributed by atoms with Gasteiger partial charge in [-0.2, -0.15) is 0 Å². The van der Waals surface area contributed by atoms with Crippen LogP contribution in [-0.2, 0) is 4.79 Å². The zero-order valence-corrected chi connectivity index (χ0v) is 18.3. The lowest BCUT2D eigenvalue weighted by Gasteiger charge is -2.12. The third kappa shape index (κ3) is 5.12. The number of nitrogens with one attached hydrogen (secondary N) is 2. The first-order valence-corrected chi connectivity index (χ1v) is 9.90. The number of hydrogen-bond donors (Lipinski definition) is 2. The number of rotatable bonds is 7. The second-order valence-electron chi connectivity index (χ2n) is 7.46. The van der Waals surface area contributed by atoms with Gasteiger partial charge >= 0.3 is 0 Å². The van der Waals surface area contributed by atoms with Gasteiger partial charge < -0.3 is 10.1 Å². The highest BCUT2D eigenvalue weighted by molar-refractivity contribution is 6.00. The molecular formula is C23H24N4O5. The maximum Gasteiger partial charge on any atom is 0.293 e. The Balaban J connectivity index is 1.60. The first-order chi connectivity index (χ1) is 15.2. The molecule has 2 amide bonds. The number of anilines is 1. The van der Waals surface area contributed by atoms with E-state index in [4.69, 9.17) is 4.74 Å². The molecule has 0 bridgehead atoms. The number of hydrogen-bond acceptors (Lipinski definition) is 5. The Labute approximate surface area is 185 Å². The molecule has 32 heavy (non-hydrogen) atoms. The molecule has 0 radical (unpaired) electrons. The van der Waals surface area contributed by atoms with Crippen LogP contribution >= 0.6 is 0 Å². The number of nitro groups is 1. The molecule has 0 aliphatic rings. The van der Waals surface area contributed by atoms with Crippen molar-refractivity contribution in [3.8, 4) is 5.75 Å². The second-order valence-corrected chi connectivity index (χ2v) is 7.46. The van der Waals surface area contributed by atoms with Gasteiger partial charge in [-0.25, -0.2) is 0 Å². The average Bonchev–Trinajstić information content (AvgIpc) is 3.06. The summed E-state index contributed by atoms with van der Waals surface area (Å²) >= 11 is 0. The fourth-order valence-corrected chi connectivity index (χ4v) is 3.10. The molecule has 0 fully saturated rings. The van der Waals surface area contributed by atoms with Crippen molar-refractivity contribution in [1.82, 2.24) is 4.68 Å². The van der Waals surface area contributed by atoms with Crippen molar-refractivity contribution in [3.63, 3.8) is 0 Å². The molecule has 1 heterocycles. The summed E-state index contributed by atoms with van der Waals surface area (Å²) in [4.78, 5) is 35.4. The van der Waals surface area contributed by atoms with Crippen molar-refractivity contribution in [2.45, 2.75) is 27.7 Å². The maximum absolute atomic E-state index is 12.4. The highest BCUT2D eigenvalue weighted by Crippen LogP contribution is 2.28. The van der Waals surface area contributed by atoms with E-state index in [-0.39, 0.29) is 23.9 Å². The third-order valence-electron chi connectivity index (χ3n) is 5.05. The molecule has 9 nitrogen and oxygen atoms in total. The standard InChI is InChI=1S/C23H24N4O5/c1-14-11-20(21(27(30)31)12-15(14)2)24-22(28)13-32-19-9-7-18(8-10-19)23(29)25-26-16(3)5-6-17(26)4/h5-12H,13H2,1-4H3,(H,24,28)(H,25,29). The van der Waals surface area contributed by atoms with E-state index in [2.05, 4.69) is 10.7 Å². The van der Waals surface area contributed by atoms with E-state index in [1.165, 1.54) is 6.07 Å². The first kappa shape index (κ1) is 22.5. The average molecular weight is 436 g/mol. The quantitative estimate of drug-likeness (QED) is 0.429. The summed E-state index contributed by atoms with van der Waals surface area (Å²) < 4.78 is 7.15. The predicted octanol–water partition coefficient (Wildman–Crippen LogP) is 4.03. The van der Waals surface area contributed by atoms with Crippen LogP contribution in [0.2, 0.25) is 0 Å². The van der Waals surface area contributed by atoms with Gasteiger partial charge in [0.25, 0.3) is 17.5 Å². The van der Waals surface area contributed by atoms with E-state index in [0.717, 1.165) is 22.5 Å². The van der Waals surface area contributed by atoms with Gasteiger partial charge in [0, 0.05) is 23.0 Å². The molecule has 1 aromatic heterocycles. The largest absolute Gasteiger partial charge is 0.484 e. The molecule has 3 rings (SSSR count). The van der Waals surface area contributed by atoms with Crippen LogP contribution in [0.15, 0.2) is 48.5 Å². The molecule has 166 valence electrons. The van der Waals surface area contributed by atoms with Crippen LogP contribution in [0.4, 0.5) is 11.4 Å². The number of carbonyl (C=O) groups excluding carboxylic acids is 2. The lowest BCUT2D eigenvalue weighted by molar-refractivity contribution is -0.384. The van der Waals surface area contributed by atoms with Gasteiger partial charge in [0.15, 0.2) is 6.61 Å². The van der Waals surface area contributed by atoms with Crippen LogP contribution in [0.3, 0.4) is 0 Å². The predicted molar refractivity (Wildman–Crippen MR) is 121 cm³/mol. The smallest absolute Gasteiger partial charge is 0.293 e. The van der Waals surface area contributed by atoms with Crippen LogP contribution < -0.4 is 15.5 Å². The Morgan fingerprint density at radius 1 is 0.969 bits per heavy atom. The Kier molecular flexibility index (Phi) is 6.58. The van der Waals surface area contributed by atoms with Gasteiger partial charge in [-0.3, -0.25) is 29.8 Å². The SMILES string of the molecule is Cc1cc(NC(=O)COc2ccc(C(=O)Nn3c(C)ccc3C)cc2)c([N+](=O)[O-])cc1C. The Bertz CT molecular complexity index is 1160.